The smallest absolute Gasteiger partial charge is 0.239 e. The summed E-state index contributed by atoms with van der Waals surface area (Å²) in [5.74, 6) is -0.102. The number of benzene rings is 2. The van der Waals surface area contributed by atoms with E-state index in [1.54, 1.807) is 0 Å². The van der Waals surface area contributed by atoms with Gasteiger partial charge in [-0.1, -0.05) is 42.8 Å². The molecule has 0 aliphatic heterocycles. The number of hydrogen-bond donors (Lipinski definition) is 2. The molecule has 2 aromatic carbocycles. The molecule has 4 nitrogen and oxygen atoms in total. The maximum atomic E-state index is 11.9. The minimum Gasteiger partial charge on any atom is -0.355 e. The van der Waals surface area contributed by atoms with E-state index in [1.165, 1.54) is 11.8 Å². The lowest BCUT2D eigenvalue weighted by molar-refractivity contribution is -0.124. The third-order valence-electron chi connectivity index (χ3n) is 3.19. The molecule has 0 heterocycles. The Morgan fingerprint density at radius 1 is 1.09 bits per heavy atom. The first-order valence-electron chi connectivity index (χ1n) is 7.45. The van der Waals surface area contributed by atoms with E-state index in [1.807, 2.05) is 43.3 Å². The van der Waals surface area contributed by atoms with Crippen molar-refractivity contribution in [1.82, 2.24) is 10.6 Å². The van der Waals surface area contributed by atoms with Gasteiger partial charge in [0.1, 0.15) is 0 Å². The summed E-state index contributed by atoms with van der Waals surface area (Å²) in [5, 5.41) is 8.00. The molecule has 6 heteroatoms. The van der Waals surface area contributed by atoms with Crippen LogP contribution in [0.2, 0.25) is 5.02 Å². The van der Waals surface area contributed by atoms with Crippen molar-refractivity contribution in [3.8, 4) is 0 Å². The molecule has 122 valence electrons. The van der Waals surface area contributed by atoms with Crippen LogP contribution in [0.1, 0.15) is 13.3 Å². The van der Waals surface area contributed by atoms with Crippen LogP contribution in [0.25, 0.3) is 10.8 Å². The van der Waals surface area contributed by atoms with Crippen molar-refractivity contribution >= 4 is 45.9 Å². The molecular formula is C17H19ClN2O2S. The molecule has 0 aliphatic carbocycles. The second-order valence-electron chi connectivity index (χ2n) is 5.01. The topological polar surface area (TPSA) is 58.2 Å². The number of halogens is 1. The number of thioether (sulfide) groups is 1. The lowest BCUT2D eigenvalue weighted by Crippen LogP contribution is -2.37. The summed E-state index contributed by atoms with van der Waals surface area (Å²) in [6.45, 7) is 2.61. The van der Waals surface area contributed by atoms with Gasteiger partial charge < -0.3 is 10.6 Å². The molecule has 2 N–H and O–H groups in total. The Balaban J connectivity index is 1.91. The SMILES string of the molecule is CCCNC(=O)CNC(=O)CSc1cccc2cccc(Cl)c12. The van der Waals surface area contributed by atoms with Crippen LogP contribution >= 0.6 is 23.4 Å². The van der Waals surface area contributed by atoms with Crippen LogP contribution < -0.4 is 10.6 Å². The predicted molar refractivity (Wildman–Crippen MR) is 96.0 cm³/mol. The largest absolute Gasteiger partial charge is 0.355 e. The minimum absolute atomic E-state index is 0.00961. The number of carbonyl (C=O) groups is 2. The fourth-order valence-corrected chi connectivity index (χ4v) is 3.36. The maximum absolute atomic E-state index is 11.9. The first-order valence-corrected chi connectivity index (χ1v) is 8.81. The van der Waals surface area contributed by atoms with E-state index in [0.717, 1.165) is 22.1 Å². The van der Waals surface area contributed by atoms with E-state index >= 15 is 0 Å². The summed E-state index contributed by atoms with van der Waals surface area (Å²) in [5.41, 5.74) is 0. The van der Waals surface area contributed by atoms with Crippen LogP contribution in [0.4, 0.5) is 0 Å². The zero-order valence-electron chi connectivity index (χ0n) is 12.9. The molecule has 0 fully saturated rings. The first-order chi connectivity index (χ1) is 11.1. The second-order valence-corrected chi connectivity index (χ2v) is 6.43. The normalized spacial score (nSPS) is 10.5. The van der Waals surface area contributed by atoms with Crippen molar-refractivity contribution in [1.29, 1.82) is 0 Å². The first kappa shape index (κ1) is 17.6. The number of carbonyl (C=O) groups excluding carboxylic acids is 2. The highest BCUT2D eigenvalue weighted by atomic mass is 35.5. The number of rotatable bonds is 7. The molecular weight excluding hydrogens is 332 g/mol. The number of amides is 2. The molecule has 0 aromatic heterocycles. The molecule has 0 atom stereocenters. The summed E-state index contributed by atoms with van der Waals surface area (Å²) in [4.78, 5) is 24.3. The number of hydrogen-bond acceptors (Lipinski definition) is 3. The average molecular weight is 351 g/mol. The maximum Gasteiger partial charge on any atom is 0.239 e. The third kappa shape index (κ3) is 5.15. The van der Waals surface area contributed by atoms with Gasteiger partial charge in [0.25, 0.3) is 0 Å². The number of nitrogens with one attached hydrogen (secondary N) is 2. The summed E-state index contributed by atoms with van der Waals surface area (Å²) >= 11 is 7.68. The third-order valence-corrected chi connectivity index (χ3v) is 4.57. The Morgan fingerprint density at radius 3 is 2.57 bits per heavy atom. The van der Waals surface area contributed by atoms with Gasteiger partial charge in [-0.25, -0.2) is 0 Å². The summed E-state index contributed by atoms with van der Waals surface area (Å²) in [6.07, 6.45) is 0.872. The highest BCUT2D eigenvalue weighted by molar-refractivity contribution is 8.00. The van der Waals surface area contributed by atoms with Gasteiger partial charge in [-0.05, 0) is 23.9 Å². The minimum atomic E-state index is -0.175. The molecule has 23 heavy (non-hydrogen) atoms. The van der Waals surface area contributed by atoms with Gasteiger partial charge in [-0.2, -0.15) is 0 Å². The molecule has 0 saturated heterocycles. The van der Waals surface area contributed by atoms with Crippen molar-refractivity contribution in [3.05, 3.63) is 41.4 Å². The molecule has 2 rings (SSSR count). The van der Waals surface area contributed by atoms with Crippen LogP contribution in [-0.4, -0.2) is 30.7 Å². The van der Waals surface area contributed by atoms with Crippen LogP contribution in [0, 0.1) is 0 Å². The molecule has 0 unspecified atom stereocenters. The molecule has 0 spiro atoms. The Morgan fingerprint density at radius 2 is 1.83 bits per heavy atom. The van der Waals surface area contributed by atoms with Gasteiger partial charge >= 0.3 is 0 Å². The zero-order valence-corrected chi connectivity index (χ0v) is 14.5. The van der Waals surface area contributed by atoms with Crippen LogP contribution in [0.5, 0.6) is 0 Å². The van der Waals surface area contributed by atoms with Crippen molar-refractivity contribution in [2.45, 2.75) is 18.2 Å². The van der Waals surface area contributed by atoms with Gasteiger partial charge in [-0.15, -0.1) is 11.8 Å². The highest BCUT2D eigenvalue weighted by Crippen LogP contribution is 2.32. The second kappa shape index (κ2) is 8.79. The quantitative estimate of drug-likeness (QED) is 0.754. The lowest BCUT2D eigenvalue weighted by atomic mass is 10.1. The summed E-state index contributed by atoms with van der Waals surface area (Å²) in [6, 6.07) is 11.6. The van der Waals surface area contributed by atoms with Crippen molar-refractivity contribution in [2.24, 2.45) is 0 Å². The van der Waals surface area contributed by atoms with Crippen molar-refractivity contribution in [3.63, 3.8) is 0 Å². The molecule has 2 amide bonds. The van der Waals surface area contributed by atoms with E-state index < -0.39 is 0 Å². The lowest BCUT2D eigenvalue weighted by Gasteiger charge is -2.09. The zero-order chi connectivity index (χ0) is 16.7. The van der Waals surface area contributed by atoms with E-state index in [2.05, 4.69) is 10.6 Å². The Hall–Kier alpha value is -1.72. The number of fused-ring (bicyclic) bond motifs is 1. The van der Waals surface area contributed by atoms with Crippen molar-refractivity contribution < 1.29 is 9.59 Å². The van der Waals surface area contributed by atoms with Crippen molar-refractivity contribution in [2.75, 3.05) is 18.8 Å². The van der Waals surface area contributed by atoms with E-state index in [-0.39, 0.29) is 24.1 Å². The predicted octanol–water partition coefficient (Wildman–Crippen LogP) is 3.23. The van der Waals surface area contributed by atoms with Gasteiger partial charge in [0.2, 0.25) is 11.8 Å². The molecule has 0 radical (unpaired) electrons. The van der Waals surface area contributed by atoms with E-state index in [0.29, 0.717) is 11.6 Å². The van der Waals surface area contributed by atoms with Gasteiger partial charge in [0.15, 0.2) is 0 Å². The van der Waals surface area contributed by atoms with E-state index in [4.69, 9.17) is 11.6 Å². The molecule has 2 aromatic rings. The van der Waals surface area contributed by atoms with E-state index in [9.17, 15) is 9.59 Å². The fourth-order valence-electron chi connectivity index (χ4n) is 2.08. The average Bonchev–Trinajstić information content (AvgIpc) is 2.56. The molecule has 0 aliphatic rings. The van der Waals surface area contributed by atoms with Gasteiger partial charge in [0.05, 0.1) is 12.3 Å². The monoisotopic (exact) mass is 350 g/mol. The standard InChI is InChI=1S/C17H19ClN2O2S/c1-2-9-19-15(21)10-20-16(22)11-23-14-8-4-6-12-5-3-7-13(18)17(12)14/h3-8H,2,9-11H2,1H3,(H,19,21)(H,20,22). The molecule has 0 bridgehead atoms. The van der Waals surface area contributed by atoms with Crippen LogP contribution in [0.15, 0.2) is 41.3 Å². The summed E-state index contributed by atoms with van der Waals surface area (Å²) < 4.78 is 0. The van der Waals surface area contributed by atoms with Crippen LogP contribution in [0.3, 0.4) is 0 Å². The molecule has 0 saturated carbocycles. The van der Waals surface area contributed by atoms with Gasteiger partial charge in [0, 0.05) is 21.8 Å². The Labute approximate surface area is 145 Å². The highest BCUT2D eigenvalue weighted by Gasteiger charge is 2.09. The van der Waals surface area contributed by atoms with Gasteiger partial charge in [-0.3, -0.25) is 9.59 Å². The Kier molecular flexibility index (Phi) is 6.74. The summed E-state index contributed by atoms with van der Waals surface area (Å²) in [7, 11) is 0. The van der Waals surface area contributed by atoms with Crippen LogP contribution in [-0.2, 0) is 9.59 Å². The Bertz CT molecular complexity index is 701. The fraction of sp³-hybridized carbons (Fsp3) is 0.294.